The van der Waals surface area contributed by atoms with Crippen molar-refractivity contribution in [3.8, 4) is 0 Å². The van der Waals surface area contributed by atoms with Gasteiger partial charge < -0.3 is 16.2 Å². The SMILES string of the molecule is CC(C)=CCNCC(N)C(=O)O. The molecule has 0 amide bonds. The van der Waals surface area contributed by atoms with E-state index in [1.165, 1.54) is 5.57 Å². The van der Waals surface area contributed by atoms with E-state index in [1.54, 1.807) is 0 Å². The van der Waals surface area contributed by atoms with Crippen LogP contribution in [0.5, 0.6) is 0 Å². The van der Waals surface area contributed by atoms with E-state index >= 15 is 0 Å². The third-order valence-corrected chi connectivity index (χ3v) is 1.34. The van der Waals surface area contributed by atoms with Crippen molar-refractivity contribution in [2.75, 3.05) is 13.1 Å². The van der Waals surface area contributed by atoms with Crippen LogP contribution in [0.25, 0.3) is 0 Å². The number of nitrogens with two attached hydrogens (primary N) is 1. The molecule has 1 atom stereocenters. The minimum Gasteiger partial charge on any atom is -0.480 e. The van der Waals surface area contributed by atoms with Gasteiger partial charge in [-0.15, -0.1) is 0 Å². The van der Waals surface area contributed by atoms with Crippen molar-refractivity contribution in [1.29, 1.82) is 0 Å². The molecule has 0 saturated heterocycles. The van der Waals surface area contributed by atoms with E-state index in [2.05, 4.69) is 5.32 Å². The number of allylic oxidation sites excluding steroid dienone is 1. The van der Waals surface area contributed by atoms with Crippen LogP contribution in [-0.2, 0) is 4.79 Å². The van der Waals surface area contributed by atoms with Gasteiger partial charge in [0, 0.05) is 13.1 Å². The molecule has 0 aromatic carbocycles. The van der Waals surface area contributed by atoms with Gasteiger partial charge in [0.05, 0.1) is 0 Å². The van der Waals surface area contributed by atoms with Crippen LogP contribution in [0.1, 0.15) is 13.8 Å². The van der Waals surface area contributed by atoms with E-state index < -0.39 is 12.0 Å². The summed E-state index contributed by atoms with van der Waals surface area (Å²) in [5.41, 5.74) is 6.45. The first-order valence-corrected chi connectivity index (χ1v) is 3.86. The van der Waals surface area contributed by atoms with Crippen LogP contribution >= 0.6 is 0 Å². The van der Waals surface area contributed by atoms with E-state index in [0.717, 1.165) is 0 Å². The number of hydrogen-bond donors (Lipinski definition) is 3. The Kier molecular flexibility index (Phi) is 5.32. The second-order valence-corrected chi connectivity index (χ2v) is 2.88. The van der Waals surface area contributed by atoms with Gasteiger partial charge in [-0.2, -0.15) is 0 Å². The Morgan fingerprint density at radius 2 is 2.25 bits per heavy atom. The smallest absolute Gasteiger partial charge is 0.321 e. The van der Waals surface area contributed by atoms with Gasteiger partial charge in [-0.25, -0.2) is 0 Å². The number of carboxylic acids is 1. The molecule has 4 N–H and O–H groups in total. The maximum Gasteiger partial charge on any atom is 0.321 e. The zero-order valence-electron chi connectivity index (χ0n) is 7.50. The van der Waals surface area contributed by atoms with Crippen LogP contribution in [0.2, 0.25) is 0 Å². The van der Waals surface area contributed by atoms with Gasteiger partial charge in [0.15, 0.2) is 0 Å². The minimum atomic E-state index is -0.972. The summed E-state index contributed by atoms with van der Waals surface area (Å²) >= 11 is 0. The Bertz CT molecular complexity index is 174. The van der Waals surface area contributed by atoms with Gasteiger partial charge >= 0.3 is 5.97 Å². The number of nitrogens with one attached hydrogen (secondary N) is 1. The van der Waals surface area contributed by atoms with Gasteiger partial charge in [0.25, 0.3) is 0 Å². The van der Waals surface area contributed by atoms with E-state index in [0.29, 0.717) is 13.1 Å². The molecule has 0 bridgehead atoms. The Labute approximate surface area is 72.4 Å². The van der Waals surface area contributed by atoms with Crippen LogP contribution in [0.4, 0.5) is 0 Å². The fraction of sp³-hybridized carbons (Fsp3) is 0.625. The predicted molar refractivity (Wildman–Crippen MR) is 47.9 cm³/mol. The Hall–Kier alpha value is -0.870. The van der Waals surface area contributed by atoms with E-state index in [1.807, 2.05) is 19.9 Å². The number of aliphatic carboxylic acids is 1. The molecule has 12 heavy (non-hydrogen) atoms. The Morgan fingerprint density at radius 3 is 2.67 bits per heavy atom. The maximum absolute atomic E-state index is 10.2. The van der Waals surface area contributed by atoms with Crippen molar-refractivity contribution in [2.24, 2.45) is 5.73 Å². The first-order valence-electron chi connectivity index (χ1n) is 3.86. The van der Waals surface area contributed by atoms with Gasteiger partial charge in [0.1, 0.15) is 6.04 Å². The van der Waals surface area contributed by atoms with E-state index in [4.69, 9.17) is 10.8 Å². The Morgan fingerprint density at radius 1 is 1.67 bits per heavy atom. The molecule has 0 fully saturated rings. The summed E-state index contributed by atoms with van der Waals surface area (Å²) in [4.78, 5) is 10.2. The molecule has 1 unspecified atom stereocenters. The molecule has 0 aromatic rings. The highest BCUT2D eigenvalue weighted by Crippen LogP contribution is 1.85. The summed E-state index contributed by atoms with van der Waals surface area (Å²) in [6, 6.07) is -0.810. The number of carbonyl (C=O) groups is 1. The summed E-state index contributed by atoms with van der Waals surface area (Å²) in [5.74, 6) is -0.972. The molecule has 0 aliphatic heterocycles. The average molecular weight is 172 g/mol. The molecular weight excluding hydrogens is 156 g/mol. The van der Waals surface area contributed by atoms with Crippen molar-refractivity contribution in [3.05, 3.63) is 11.6 Å². The molecule has 0 aliphatic rings. The quantitative estimate of drug-likeness (QED) is 0.401. The molecule has 0 aromatic heterocycles. The monoisotopic (exact) mass is 172 g/mol. The molecule has 0 saturated carbocycles. The number of hydrogen-bond acceptors (Lipinski definition) is 3. The lowest BCUT2D eigenvalue weighted by molar-refractivity contribution is -0.138. The predicted octanol–water partition coefficient (Wildman–Crippen LogP) is -0.0459. The normalized spacial score (nSPS) is 12.2. The highest BCUT2D eigenvalue weighted by atomic mass is 16.4. The van der Waals surface area contributed by atoms with E-state index in [-0.39, 0.29) is 0 Å². The van der Waals surface area contributed by atoms with Crippen molar-refractivity contribution in [3.63, 3.8) is 0 Å². The minimum absolute atomic E-state index is 0.305. The first-order chi connectivity index (χ1) is 5.54. The molecule has 0 heterocycles. The second-order valence-electron chi connectivity index (χ2n) is 2.88. The lowest BCUT2D eigenvalue weighted by atomic mass is 10.3. The van der Waals surface area contributed by atoms with Gasteiger partial charge in [-0.3, -0.25) is 4.79 Å². The third kappa shape index (κ3) is 5.88. The van der Waals surface area contributed by atoms with Gasteiger partial charge in [0.2, 0.25) is 0 Å². The van der Waals surface area contributed by atoms with Crippen molar-refractivity contribution in [1.82, 2.24) is 5.32 Å². The lowest BCUT2D eigenvalue weighted by Crippen LogP contribution is -2.40. The summed E-state index contributed by atoms with van der Waals surface area (Å²) in [6.45, 7) is 4.94. The van der Waals surface area contributed by atoms with Crippen LogP contribution in [0.15, 0.2) is 11.6 Å². The topological polar surface area (TPSA) is 75.3 Å². The standard InChI is InChI=1S/C8H16N2O2/c1-6(2)3-4-10-5-7(9)8(11)12/h3,7,10H,4-5,9H2,1-2H3,(H,11,12). The molecule has 4 heteroatoms. The largest absolute Gasteiger partial charge is 0.480 e. The molecule has 70 valence electrons. The fourth-order valence-electron chi connectivity index (χ4n) is 0.602. The molecule has 0 spiro atoms. The van der Waals surface area contributed by atoms with Crippen molar-refractivity contribution < 1.29 is 9.90 Å². The molecule has 0 aliphatic carbocycles. The first kappa shape index (κ1) is 11.1. The zero-order valence-corrected chi connectivity index (χ0v) is 7.50. The number of rotatable bonds is 5. The maximum atomic E-state index is 10.2. The zero-order chi connectivity index (χ0) is 9.56. The molecule has 0 rings (SSSR count). The summed E-state index contributed by atoms with van der Waals surface area (Å²) in [7, 11) is 0. The summed E-state index contributed by atoms with van der Waals surface area (Å²) in [6.07, 6.45) is 1.98. The summed E-state index contributed by atoms with van der Waals surface area (Å²) < 4.78 is 0. The van der Waals surface area contributed by atoms with Crippen molar-refractivity contribution in [2.45, 2.75) is 19.9 Å². The van der Waals surface area contributed by atoms with E-state index in [9.17, 15) is 4.79 Å². The Balaban J connectivity index is 3.44. The molecular formula is C8H16N2O2. The molecule has 4 nitrogen and oxygen atoms in total. The average Bonchev–Trinajstić information content (AvgIpc) is 1.97. The summed E-state index contributed by atoms with van der Waals surface area (Å²) in [5, 5.41) is 11.3. The lowest BCUT2D eigenvalue weighted by Gasteiger charge is -2.05. The fourth-order valence-corrected chi connectivity index (χ4v) is 0.602. The highest BCUT2D eigenvalue weighted by molar-refractivity contribution is 5.73. The van der Waals surface area contributed by atoms with Gasteiger partial charge in [-0.1, -0.05) is 11.6 Å². The van der Waals surface area contributed by atoms with Crippen LogP contribution in [0, 0.1) is 0 Å². The molecule has 0 radical (unpaired) electrons. The van der Waals surface area contributed by atoms with Crippen LogP contribution < -0.4 is 11.1 Å². The second kappa shape index (κ2) is 5.74. The van der Waals surface area contributed by atoms with Crippen LogP contribution in [0.3, 0.4) is 0 Å². The van der Waals surface area contributed by atoms with Gasteiger partial charge in [-0.05, 0) is 13.8 Å². The van der Waals surface area contributed by atoms with Crippen molar-refractivity contribution >= 4 is 5.97 Å². The third-order valence-electron chi connectivity index (χ3n) is 1.34. The van der Waals surface area contributed by atoms with Crippen LogP contribution in [-0.4, -0.2) is 30.2 Å². The highest BCUT2D eigenvalue weighted by Gasteiger charge is 2.08. The number of carboxylic acid groups (broad SMARTS) is 1.